The lowest BCUT2D eigenvalue weighted by Gasteiger charge is -2.37. The number of hydrogen-bond donors (Lipinski definition) is 4. The minimum absolute atomic E-state index is 0.0275. The van der Waals surface area contributed by atoms with Gasteiger partial charge in [0.1, 0.15) is 30.0 Å². The van der Waals surface area contributed by atoms with Crippen molar-refractivity contribution in [3.05, 3.63) is 29.3 Å². The molecule has 0 aromatic heterocycles. The maximum atomic E-state index is 13.6. The van der Waals surface area contributed by atoms with E-state index < -0.39 is 54.1 Å². The molecule has 3 amide bonds. The Morgan fingerprint density at radius 1 is 1.18 bits per heavy atom. The third kappa shape index (κ3) is 8.44. The number of aromatic hydroxyl groups is 1. The first-order chi connectivity index (χ1) is 15.7. The molecular weight excluding hydrogens is 462 g/mol. The van der Waals surface area contributed by atoms with E-state index in [1.54, 1.807) is 47.6 Å². The van der Waals surface area contributed by atoms with Gasteiger partial charge in [0.15, 0.2) is 0 Å². The summed E-state index contributed by atoms with van der Waals surface area (Å²) in [6, 6.07) is 1.78. The zero-order valence-electron chi connectivity index (χ0n) is 20.7. The number of esters is 1. The van der Waals surface area contributed by atoms with E-state index in [1.165, 1.54) is 24.1 Å². The highest BCUT2D eigenvalue weighted by Crippen LogP contribution is 2.28. The van der Waals surface area contributed by atoms with Gasteiger partial charge < -0.3 is 30.1 Å². The van der Waals surface area contributed by atoms with Gasteiger partial charge in [-0.05, 0) is 64.8 Å². The minimum atomic E-state index is -1.17. The number of carbonyl (C=O) groups is 4. The van der Waals surface area contributed by atoms with Gasteiger partial charge >= 0.3 is 12.1 Å². The highest BCUT2D eigenvalue weighted by atomic mass is 32.1. The Morgan fingerprint density at radius 2 is 1.79 bits per heavy atom. The predicted octanol–water partition coefficient (Wildman–Crippen LogP) is 2.09. The topological polar surface area (TPSA) is 134 Å². The average molecular weight is 498 g/mol. The summed E-state index contributed by atoms with van der Waals surface area (Å²) in [5, 5.41) is 14.9. The number of benzene rings is 1. The Hall–Kier alpha value is -2.95. The molecule has 11 heteroatoms. The molecule has 2 unspecified atom stereocenters. The molecule has 0 saturated heterocycles. The number of aryl methyl sites for hydroxylation is 1. The van der Waals surface area contributed by atoms with Gasteiger partial charge in [0.25, 0.3) is 0 Å². The first kappa shape index (κ1) is 29.1. The van der Waals surface area contributed by atoms with Gasteiger partial charge in [-0.2, -0.15) is 12.6 Å². The maximum Gasteiger partial charge on any atom is 0.408 e. The standard InChI is InChI=1S/C23H35N3O7S/c1-13(2)26(21(30)16(12-34)25-22(31)33-23(4,5)6)19(20(29)24-11-18(28)32-7)15-8-9-17(27)14(3)10-15/h8-10,13,16,19,27,34H,11-12H2,1-7H3,(H,24,29)(H,25,31). The van der Waals surface area contributed by atoms with E-state index in [-0.39, 0.29) is 11.5 Å². The van der Waals surface area contributed by atoms with E-state index in [2.05, 4.69) is 28.0 Å². The Morgan fingerprint density at radius 3 is 2.26 bits per heavy atom. The summed E-state index contributed by atoms with van der Waals surface area (Å²) < 4.78 is 9.82. The van der Waals surface area contributed by atoms with Gasteiger partial charge in [-0.25, -0.2) is 4.79 Å². The third-order valence-corrected chi connectivity index (χ3v) is 5.05. The molecule has 0 aliphatic heterocycles. The van der Waals surface area contributed by atoms with Crippen LogP contribution in [-0.4, -0.2) is 71.0 Å². The molecule has 0 spiro atoms. The Bertz CT molecular complexity index is 899. The van der Waals surface area contributed by atoms with Crippen LogP contribution in [-0.2, 0) is 23.9 Å². The van der Waals surface area contributed by atoms with Gasteiger partial charge in [0.05, 0.1) is 7.11 Å². The largest absolute Gasteiger partial charge is 0.508 e. The fraction of sp³-hybridized carbons (Fsp3) is 0.565. The summed E-state index contributed by atoms with van der Waals surface area (Å²) in [4.78, 5) is 52.0. The number of alkyl carbamates (subject to hydrolysis) is 1. The summed E-state index contributed by atoms with van der Waals surface area (Å²) in [5.41, 5.74) is 0.137. The number of rotatable bonds is 9. The van der Waals surface area contributed by atoms with Crippen molar-refractivity contribution in [3.63, 3.8) is 0 Å². The lowest BCUT2D eigenvalue weighted by atomic mass is 9.99. The molecule has 0 saturated carbocycles. The molecule has 34 heavy (non-hydrogen) atoms. The van der Waals surface area contributed by atoms with Crippen LogP contribution in [0.5, 0.6) is 5.75 Å². The van der Waals surface area contributed by atoms with Crippen molar-refractivity contribution < 1.29 is 33.8 Å². The number of phenols is 1. The van der Waals surface area contributed by atoms with Crippen molar-refractivity contribution >= 4 is 36.5 Å². The first-order valence-electron chi connectivity index (χ1n) is 10.8. The Labute approximate surface area is 205 Å². The summed E-state index contributed by atoms with van der Waals surface area (Å²) >= 11 is 4.21. The van der Waals surface area contributed by atoms with E-state index in [9.17, 15) is 24.3 Å². The van der Waals surface area contributed by atoms with Crippen molar-refractivity contribution in [3.8, 4) is 5.75 Å². The molecule has 10 nitrogen and oxygen atoms in total. The molecular formula is C23H35N3O7S. The molecule has 1 aromatic rings. The lowest BCUT2D eigenvalue weighted by Crippen LogP contribution is -2.56. The molecule has 0 bridgehead atoms. The van der Waals surface area contributed by atoms with Crippen LogP contribution in [0.1, 0.15) is 51.8 Å². The van der Waals surface area contributed by atoms with Gasteiger partial charge in [0, 0.05) is 11.8 Å². The van der Waals surface area contributed by atoms with Crippen LogP contribution in [0.15, 0.2) is 18.2 Å². The molecule has 190 valence electrons. The molecule has 0 aliphatic carbocycles. The number of nitrogens with one attached hydrogen (secondary N) is 2. The predicted molar refractivity (Wildman–Crippen MR) is 130 cm³/mol. The Kier molecular flexibility index (Phi) is 10.7. The highest BCUT2D eigenvalue weighted by Gasteiger charge is 2.37. The molecule has 0 heterocycles. The molecule has 2 atom stereocenters. The van der Waals surface area contributed by atoms with Gasteiger partial charge in [-0.1, -0.05) is 6.07 Å². The van der Waals surface area contributed by atoms with E-state index in [4.69, 9.17) is 4.74 Å². The average Bonchev–Trinajstić information content (AvgIpc) is 2.73. The smallest absolute Gasteiger partial charge is 0.408 e. The normalized spacial score (nSPS) is 13.0. The van der Waals surface area contributed by atoms with Gasteiger partial charge in [0.2, 0.25) is 11.8 Å². The van der Waals surface area contributed by atoms with E-state index in [1.807, 2.05) is 0 Å². The van der Waals surface area contributed by atoms with Crippen LogP contribution in [0, 0.1) is 6.92 Å². The quantitative estimate of drug-likeness (QED) is 0.303. The van der Waals surface area contributed by atoms with Crippen molar-refractivity contribution in [1.82, 2.24) is 15.5 Å². The number of hydrogen-bond acceptors (Lipinski definition) is 8. The second-order valence-electron chi connectivity index (χ2n) is 8.96. The molecule has 0 radical (unpaired) electrons. The summed E-state index contributed by atoms with van der Waals surface area (Å²) in [6.07, 6.45) is -0.796. The van der Waals surface area contributed by atoms with Crippen LogP contribution < -0.4 is 10.6 Å². The van der Waals surface area contributed by atoms with E-state index in [0.29, 0.717) is 11.1 Å². The van der Waals surface area contributed by atoms with E-state index >= 15 is 0 Å². The number of thiol groups is 1. The summed E-state index contributed by atoms with van der Waals surface area (Å²) in [6.45, 7) is 9.78. The number of carbonyl (C=O) groups excluding carboxylic acids is 4. The lowest BCUT2D eigenvalue weighted by molar-refractivity contribution is -0.145. The number of methoxy groups -OCH3 is 1. The molecule has 0 fully saturated rings. The fourth-order valence-corrected chi connectivity index (χ4v) is 3.36. The van der Waals surface area contributed by atoms with Crippen LogP contribution in [0.4, 0.5) is 4.79 Å². The van der Waals surface area contributed by atoms with Crippen LogP contribution in [0.25, 0.3) is 0 Å². The molecule has 3 N–H and O–H groups in total. The van der Waals surface area contributed by atoms with Gasteiger partial charge in [-0.15, -0.1) is 0 Å². The van der Waals surface area contributed by atoms with Gasteiger partial charge in [-0.3, -0.25) is 14.4 Å². The van der Waals surface area contributed by atoms with E-state index in [0.717, 1.165) is 0 Å². The second kappa shape index (κ2) is 12.5. The Balaban J connectivity index is 3.39. The zero-order valence-corrected chi connectivity index (χ0v) is 21.6. The van der Waals surface area contributed by atoms with Crippen LogP contribution in [0.3, 0.4) is 0 Å². The van der Waals surface area contributed by atoms with Crippen molar-refractivity contribution in [2.75, 3.05) is 19.4 Å². The monoisotopic (exact) mass is 497 g/mol. The first-order valence-corrected chi connectivity index (χ1v) is 11.4. The number of phenolic OH excluding ortho intramolecular Hbond substituents is 1. The SMILES string of the molecule is COC(=O)CNC(=O)C(c1ccc(O)c(C)c1)N(C(=O)C(CS)NC(=O)OC(C)(C)C)C(C)C. The van der Waals surface area contributed by atoms with Crippen molar-refractivity contribution in [1.29, 1.82) is 0 Å². The zero-order chi connectivity index (χ0) is 26.2. The van der Waals surface area contributed by atoms with Crippen molar-refractivity contribution in [2.24, 2.45) is 0 Å². The summed E-state index contributed by atoms with van der Waals surface area (Å²) in [7, 11) is 1.19. The highest BCUT2D eigenvalue weighted by molar-refractivity contribution is 7.80. The second-order valence-corrected chi connectivity index (χ2v) is 9.33. The third-order valence-electron chi connectivity index (χ3n) is 4.68. The number of amides is 3. The number of ether oxygens (including phenoxy) is 2. The van der Waals surface area contributed by atoms with Crippen LogP contribution in [0.2, 0.25) is 0 Å². The molecule has 0 aliphatic rings. The minimum Gasteiger partial charge on any atom is -0.508 e. The number of nitrogens with zero attached hydrogens (tertiary/aromatic N) is 1. The summed E-state index contributed by atoms with van der Waals surface area (Å²) in [5.74, 6) is -1.88. The van der Waals surface area contributed by atoms with Crippen LogP contribution >= 0.6 is 12.6 Å². The fourth-order valence-electron chi connectivity index (χ4n) is 3.11. The van der Waals surface area contributed by atoms with Crippen molar-refractivity contribution in [2.45, 2.75) is 65.3 Å². The molecule has 1 aromatic carbocycles. The molecule has 1 rings (SSSR count). The maximum absolute atomic E-state index is 13.6.